The first-order chi connectivity index (χ1) is 12.9. The van der Waals surface area contributed by atoms with E-state index in [1.807, 2.05) is 0 Å². The number of alkyl halides is 3. The zero-order valence-corrected chi connectivity index (χ0v) is 16.6. The topological polar surface area (TPSA) is 66.5 Å². The Labute approximate surface area is 166 Å². The van der Waals surface area contributed by atoms with E-state index in [1.54, 1.807) is 25.1 Å². The first-order valence-electron chi connectivity index (χ1n) is 8.17. The van der Waals surface area contributed by atoms with Gasteiger partial charge in [0.05, 0.1) is 22.5 Å². The standard InChI is InChI=1S/C18H18ClF3N2O3S/c1-3-16(24(28(2,26)27)13-7-5-4-6-8-13)17(25)23-12-9-10-15(19)14(11-12)18(20,21)22/h4-11,16H,3H2,1-2H3,(H,23,25)/t16-/m0/s1. The number of hydrogen-bond acceptors (Lipinski definition) is 3. The molecule has 0 aliphatic heterocycles. The molecule has 5 nitrogen and oxygen atoms in total. The summed E-state index contributed by atoms with van der Waals surface area (Å²) in [4.78, 5) is 12.7. The number of amides is 1. The fourth-order valence-corrected chi connectivity index (χ4v) is 4.12. The highest BCUT2D eigenvalue weighted by Crippen LogP contribution is 2.36. The van der Waals surface area contributed by atoms with Gasteiger partial charge in [0.15, 0.2) is 0 Å². The van der Waals surface area contributed by atoms with Crippen LogP contribution in [0.2, 0.25) is 5.02 Å². The van der Waals surface area contributed by atoms with Crippen LogP contribution in [0.25, 0.3) is 0 Å². The monoisotopic (exact) mass is 434 g/mol. The third-order valence-corrected chi connectivity index (χ3v) is 5.39. The Morgan fingerprint density at radius 3 is 2.29 bits per heavy atom. The molecule has 0 aliphatic rings. The van der Waals surface area contributed by atoms with Crippen molar-refractivity contribution in [2.75, 3.05) is 15.9 Å². The maximum absolute atomic E-state index is 13.0. The number of anilines is 2. The number of carbonyl (C=O) groups is 1. The zero-order chi connectivity index (χ0) is 21.1. The van der Waals surface area contributed by atoms with Gasteiger partial charge >= 0.3 is 6.18 Å². The quantitative estimate of drug-likeness (QED) is 0.725. The largest absolute Gasteiger partial charge is 0.417 e. The second-order valence-electron chi connectivity index (χ2n) is 6.00. The molecule has 0 saturated heterocycles. The molecule has 0 fully saturated rings. The molecule has 0 heterocycles. The normalized spacial score (nSPS) is 13.1. The Balaban J connectivity index is 2.38. The van der Waals surface area contributed by atoms with Gasteiger partial charge in [-0.3, -0.25) is 9.10 Å². The molecule has 10 heteroatoms. The molecule has 2 aromatic carbocycles. The van der Waals surface area contributed by atoms with Gasteiger partial charge in [-0.05, 0) is 36.8 Å². The average Bonchev–Trinajstić information content (AvgIpc) is 2.59. The molecule has 1 atom stereocenters. The Kier molecular flexibility index (Phi) is 6.61. The summed E-state index contributed by atoms with van der Waals surface area (Å²) in [6.07, 6.45) is -3.63. The number of halogens is 4. The van der Waals surface area contributed by atoms with E-state index < -0.39 is 38.7 Å². The summed E-state index contributed by atoms with van der Waals surface area (Å²) in [7, 11) is -3.83. The molecule has 0 unspecified atom stereocenters. The second-order valence-corrected chi connectivity index (χ2v) is 8.27. The van der Waals surface area contributed by atoms with Gasteiger partial charge in [-0.2, -0.15) is 13.2 Å². The molecular weight excluding hydrogens is 417 g/mol. The minimum Gasteiger partial charge on any atom is -0.324 e. The molecule has 28 heavy (non-hydrogen) atoms. The Morgan fingerprint density at radius 1 is 1.18 bits per heavy atom. The number of para-hydroxylation sites is 1. The van der Waals surface area contributed by atoms with Crippen molar-refractivity contribution in [2.45, 2.75) is 25.6 Å². The molecule has 0 aromatic heterocycles. The highest BCUT2D eigenvalue weighted by atomic mass is 35.5. The minimum absolute atomic E-state index is 0.105. The molecule has 0 aliphatic carbocycles. The van der Waals surface area contributed by atoms with Crippen molar-refractivity contribution < 1.29 is 26.4 Å². The molecule has 0 bridgehead atoms. The van der Waals surface area contributed by atoms with E-state index in [2.05, 4.69) is 5.32 Å². The van der Waals surface area contributed by atoms with Crippen LogP contribution >= 0.6 is 11.6 Å². The average molecular weight is 435 g/mol. The van der Waals surface area contributed by atoms with E-state index in [4.69, 9.17) is 11.6 Å². The van der Waals surface area contributed by atoms with Crippen molar-refractivity contribution in [3.8, 4) is 0 Å². The van der Waals surface area contributed by atoms with Crippen molar-refractivity contribution in [1.82, 2.24) is 0 Å². The molecule has 2 rings (SSSR count). The molecule has 2 aromatic rings. The van der Waals surface area contributed by atoms with Crippen molar-refractivity contribution in [3.05, 3.63) is 59.1 Å². The molecule has 1 N–H and O–H groups in total. The number of nitrogens with one attached hydrogen (secondary N) is 1. The SMILES string of the molecule is CC[C@@H](C(=O)Nc1ccc(Cl)c(C(F)(F)F)c1)N(c1ccccc1)S(C)(=O)=O. The van der Waals surface area contributed by atoms with Gasteiger partial charge in [0.1, 0.15) is 6.04 Å². The summed E-state index contributed by atoms with van der Waals surface area (Å²) in [6, 6.07) is 9.78. The highest BCUT2D eigenvalue weighted by molar-refractivity contribution is 7.92. The summed E-state index contributed by atoms with van der Waals surface area (Å²) in [6.45, 7) is 1.61. The lowest BCUT2D eigenvalue weighted by Crippen LogP contribution is -2.47. The van der Waals surface area contributed by atoms with Crippen LogP contribution in [-0.4, -0.2) is 26.6 Å². The van der Waals surface area contributed by atoms with E-state index in [0.717, 1.165) is 16.6 Å². The van der Waals surface area contributed by atoms with Gasteiger partial charge in [0.2, 0.25) is 15.9 Å². The number of rotatable bonds is 6. The summed E-state index contributed by atoms with van der Waals surface area (Å²) < 4.78 is 64.6. The smallest absolute Gasteiger partial charge is 0.324 e. The molecule has 1 amide bonds. The predicted molar refractivity (Wildman–Crippen MR) is 103 cm³/mol. The van der Waals surface area contributed by atoms with Crippen molar-refractivity contribution >= 4 is 38.9 Å². The fourth-order valence-electron chi connectivity index (χ4n) is 2.68. The van der Waals surface area contributed by atoms with Crippen LogP contribution in [0, 0.1) is 0 Å². The third kappa shape index (κ3) is 5.17. The van der Waals surface area contributed by atoms with Gasteiger partial charge in [-0.15, -0.1) is 0 Å². The maximum atomic E-state index is 13.0. The summed E-state index contributed by atoms with van der Waals surface area (Å²) in [5, 5.41) is 1.85. The lowest BCUT2D eigenvalue weighted by molar-refractivity contribution is -0.137. The lowest BCUT2D eigenvalue weighted by atomic mass is 10.1. The van der Waals surface area contributed by atoms with E-state index in [1.165, 1.54) is 18.2 Å². The van der Waals surface area contributed by atoms with Crippen LogP contribution in [0.15, 0.2) is 48.5 Å². The zero-order valence-electron chi connectivity index (χ0n) is 15.0. The van der Waals surface area contributed by atoms with E-state index in [-0.39, 0.29) is 17.8 Å². The minimum atomic E-state index is -4.69. The van der Waals surface area contributed by atoms with Crippen molar-refractivity contribution in [3.63, 3.8) is 0 Å². The molecule has 0 spiro atoms. The van der Waals surface area contributed by atoms with Crippen molar-refractivity contribution in [2.24, 2.45) is 0 Å². The summed E-state index contributed by atoms with van der Waals surface area (Å²) in [5.41, 5.74) is -0.955. The van der Waals surface area contributed by atoms with Gasteiger partial charge in [0, 0.05) is 5.69 Å². The number of nitrogens with zero attached hydrogens (tertiary/aromatic N) is 1. The lowest BCUT2D eigenvalue weighted by Gasteiger charge is -2.30. The summed E-state index contributed by atoms with van der Waals surface area (Å²) >= 11 is 5.58. The molecule has 0 radical (unpaired) electrons. The first-order valence-corrected chi connectivity index (χ1v) is 10.4. The molecular formula is C18H18ClF3N2O3S. The molecule has 0 saturated carbocycles. The predicted octanol–water partition coefficient (Wildman–Crippen LogP) is 4.54. The van der Waals surface area contributed by atoms with Crippen LogP contribution in [0.3, 0.4) is 0 Å². The van der Waals surface area contributed by atoms with Crippen LogP contribution < -0.4 is 9.62 Å². The van der Waals surface area contributed by atoms with Crippen LogP contribution in [0.5, 0.6) is 0 Å². The third-order valence-electron chi connectivity index (χ3n) is 3.88. The number of sulfonamides is 1. The van der Waals surface area contributed by atoms with Gasteiger partial charge < -0.3 is 5.32 Å². The van der Waals surface area contributed by atoms with E-state index >= 15 is 0 Å². The number of benzene rings is 2. The van der Waals surface area contributed by atoms with Gasteiger partial charge in [0.25, 0.3) is 0 Å². The first kappa shape index (κ1) is 22.0. The highest BCUT2D eigenvalue weighted by Gasteiger charge is 2.34. The van der Waals surface area contributed by atoms with E-state index in [9.17, 15) is 26.4 Å². The summed E-state index contributed by atoms with van der Waals surface area (Å²) in [5.74, 6) is -0.757. The van der Waals surface area contributed by atoms with Crippen LogP contribution in [-0.2, 0) is 21.0 Å². The Bertz CT molecular complexity index is 950. The number of hydrogen-bond donors (Lipinski definition) is 1. The fraction of sp³-hybridized carbons (Fsp3) is 0.278. The second kappa shape index (κ2) is 8.40. The molecule has 152 valence electrons. The van der Waals surface area contributed by atoms with E-state index in [0.29, 0.717) is 6.07 Å². The van der Waals surface area contributed by atoms with Gasteiger partial charge in [-0.25, -0.2) is 8.42 Å². The van der Waals surface area contributed by atoms with Crippen LogP contribution in [0.1, 0.15) is 18.9 Å². The van der Waals surface area contributed by atoms with Crippen molar-refractivity contribution in [1.29, 1.82) is 0 Å². The maximum Gasteiger partial charge on any atom is 0.417 e. The van der Waals surface area contributed by atoms with Gasteiger partial charge in [-0.1, -0.05) is 36.7 Å². The number of carbonyl (C=O) groups excluding carboxylic acids is 1. The van der Waals surface area contributed by atoms with Crippen LogP contribution in [0.4, 0.5) is 24.5 Å². The Hall–Kier alpha value is -2.26. The Morgan fingerprint density at radius 2 is 1.79 bits per heavy atom.